The largest absolute Gasteiger partial charge is 0.481 e. The summed E-state index contributed by atoms with van der Waals surface area (Å²) in [5.74, 6) is -0.193. The summed E-state index contributed by atoms with van der Waals surface area (Å²) in [7, 11) is 0. The fraction of sp³-hybridized carbons (Fsp3) is 0.667. The number of hydrogen-bond donors (Lipinski definition) is 2. The van der Waals surface area contributed by atoms with Crippen molar-refractivity contribution in [2.24, 2.45) is 11.8 Å². The van der Waals surface area contributed by atoms with E-state index in [1.54, 1.807) is 0 Å². The van der Waals surface area contributed by atoms with Gasteiger partial charge in [-0.05, 0) is 56.6 Å². The quantitative estimate of drug-likeness (QED) is 0.485. The highest BCUT2D eigenvalue weighted by Crippen LogP contribution is 2.33. The van der Waals surface area contributed by atoms with Crippen LogP contribution in [0.2, 0.25) is 0 Å². The van der Waals surface area contributed by atoms with Crippen molar-refractivity contribution in [2.75, 3.05) is 0 Å². The normalized spacial score (nSPS) is 22.2. The fourth-order valence-electron chi connectivity index (χ4n) is 3.98. The lowest BCUT2D eigenvalue weighted by Gasteiger charge is -2.27. The Labute approximate surface area is 150 Å². The molecule has 0 aliphatic heterocycles. The molecule has 2 rings (SSSR count). The third-order valence-corrected chi connectivity index (χ3v) is 5.44. The summed E-state index contributed by atoms with van der Waals surface area (Å²) in [6.45, 7) is 0. The van der Waals surface area contributed by atoms with Crippen LogP contribution in [0.1, 0.15) is 70.6 Å². The van der Waals surface area contributed by atoms with Crippen LogP contribution in [-0.4, -0.2) is 28.1 Å². The minimum atomic E-state index is -0.867. The van der Waals surface area contributed by atoms with Crippen molar-refractivity contribution in [3.8, 4) is 0 Å². The Morgan fingerprint density at radius 2 is 2.04 bits per heavy atom. The fourth-order valence-corrected chi connectivity index (χ4v) is 3.98. The highest BCUT2D eigenvalue weighted by Gasteiger charge is 2.28. The number of aliphatic hydroxyl groups is 1. The molecule has 0 aromatic carbocycles. The summed E-state index contributed by atoms with van der Waals surface area (Å²) < 4.78 is 0. The van der Waals surface area contributed by atoms with Gasteiger partial charge in [-0.15, -0.1) is 5.73 Å². The lowest BCUT2D eigenvalue weighted by atomic mass is 9.82. The zero-order chi connectivity index (χ0) is 18.1. The molecular formula is C21H30O4. The second kappa shape index (κ2) is 10.4. The van der Waals surface area contributed by atoms with Gasteiger partial charge in [-0.3, -0.25) is 9.59 Å². The lowest BCUT2D eigenvalue weighted by Crippen LogP contribution is -2.23. The van der Waals surface area contributed by atoms with E-state index in [9.17, 15) is 14.7 Å². The highest BCUT2D eigenvalue weighted by atomic mass is 16.4. The average Bonchev–Trinajstić information content (AvgIpc) is 2.96. The molecule has 4 heteroatoms. The number of ketones is 1. The number of rotatable bonds is 9. The Balaban J connectivity index is 1.76. The third-order valence-electron chi connectivity index (χ3n) is 5.44. The van der Waals surface area contributed by atoms with Gasteiger partial charge in [0.25, 0.3) is 0 Å². The standard InChI is InChI=1S/C21H30O4/c22-19(17-8-4-3-5-9-17)14-12-16-13-15-20(23)18(16)10-6-1-2-7-11-21(24)25/h1,7,13,17-19,22H,3-6,8-12,14-15H2,(H,24,25)/t2?,18-,19?/m1/s1. The Morgan fingerprint density at radius 3 is 2.76 bits per heavy atom. The van der Waals surface area contributed by atoms with Crippen LogP contribution in [0.3, 0.4) is 0 Å². The van der Waals surface area contributed by atoms with Gasteiger partial charge in [0.2, 0.25) is 0 Å². The van der Waals surface area contributed by atoms with Gasteiger partial charge in [0.05, 0.1) is 12.5 Å². The predicted octanol–water partition coefficient (Wildman–Crippen LogP) is 4.19. The van der Waals surface area contributed by atoms with Crippen LogP contribution < -0.4 is 0 Å². The molecule has 2 N–H and O–H groups in total. The molecule has 25 heavy (non-hydrogen) atoms. The van der Waals surface area contributed by atoms with Gasteiger partial charge in [-0.1, -0.05) is 30.9 Å². The number of aliphatic carboxylic acids is 1. The van der Waals surface area contributed by atoms with Gasteiger partial charge < -0.3 is 10.2 Å². The molecule has 2 aliphatic carbocycles. The van der Waals surface area contributed by atoms with E-state index >= 15 is 0 Å². The number of carbonyl (C=O) groups is 2. The van der Waals surface area contributed by atoms with Gasteiger partial charge >= 0.3 is 5.97 Å². The molecule has 2 atom stereocenters. The summed E-state index contributed by atoms with van der Waals surface area (Å²) in [4.78, 5) is 22.5. The molecule has 0 radical (unpaired) electrons. The number of allylic oxidation sites excluding steroid dienone is 2. The van der Waals surface area contributed by atoms with Crippen LogP contribution in [0.15, 0.2) is 29.5 Å². The number of hydrogen-bond acceptors (Lipinski definition) is 3. The minimum absolute atomic E-state index is 0.0247. The van der Waals surface area contributed by atoms with Crippen molar-refractivity contribution in [3.05, 3.63) is 29.5 Å². The second-order valence-corrected chi connectivity index (χ2v) is 7.26. The number of carbonyl (C=O) groups excluding carboxylic acids is 1. The maximum atomic E-state index is 12.1. The maximum Gasteiger partial charge on any atom is 0.307 e. The van der Waals surface area contributed by atoms with E-state index < -0.39 is 5.97 Å². The van der Waals surface area contributed by atoms with Crippen LogP contribution in [0, 0.1) is 11.8 Å². The number of carboxylic acid groups (broad SMARTS) is 1. The Hall–Kier alpha value is -1.64. The summed E-state index contributed by atoms with van der Waals surface area (Å²) >= 11 is 0. The van der Waals surface area contributed by atoms with Crippen molar-refractivity contribution >= 4 is 11.8 Å². The maximum absolute atomic E-state index is 12.1. The number of Topliss-reactive ketones (excluding diaryl/α,β-unsaturated/α-hetero) is 1. The molecule has 0 aromatic heterocycles. The van der Waals surface area contributed by atoms with Crippen LogP contribution in [0.25, 0.3) is 0 Å². The smallest absolute Gasteiger partial charge is 0.307 e. The van der Waals surface area contributed by atoms with E-state index in [4.69, 9.17) is 5.11 Å². The SMILES string of the molecule is O=C(O)CC=C=CCC[C@H]1C(=O)CC=C1CCC(O)C1CCCCC1. The van der Waals surface area contributed by atoms with Gasteiger partial charge in [-0.25, -0.2) is 0 Å². The first-order valence-electron chi connectivity index (χ1n) is 9.59. The summed E-state index contributed by atoms with van der Waals surface area (Å²) in [5, 5.41) is 19.0. The number of carboxylic acids is 1. The Kier molecular flexibility index (Phi) is 8.17. The Bertz CT molecular complexity index is 548. The lowest BCUT2D eigenvalue weighted by molar-refractivity contribution is -0.136. The van der Waals surface area contributed by atoms with E-state index in [1.165, 1.54) is 30.9 Å². The summed E-state index contributed by atoms with van der Waals surface area (Å²) in [6.07, 6.45) is 14.7. The van der Waals surface area contributed by atoms with Gasteiger partial charge in [0.1, 0.15) is 5.78 Å². The summed E-state index contributed by atoms with van der Waals surface area (Å²) in [5.41, 5.74) is 4.05. The molecule has 2 aliphatic rings. The molecule has 0 spiro atoms. The highest BCUT2D eigenvalue weighted by molar-refractivity contribution is 5.88. The van der Waals surface area contributed by atoms with Crippen LogP contribution >= 0.6 is 0 Å². The minimum Gasteiger partial charge on any atom is -0.481 e. The molecule has 4 nitrogen and oxygen atoms in total. The van der Waals surface area contributed by atoms with Gasteiger partial charge in [0, 0.05) is 12.3 Å². The monoisotopic (exact) mass is 346 g/mol. The molecule has 0 heterocycles. The van der Waals surface area contributed by atoms with Crippen molar-refractivity contribution < 1.29 is 19.8 Å². The first kappa shape index (κ1) is 19.7. The van der Waals surface area contributed by atoms with Crippen molar-refractivity contribution in [1.82, 2.24) is 0 Å². The van der Waals surface area contributed by atoms with Crippen molar-refractivity contribution in [3.63, 3.8) is 0 Å². The first-order valence-corrected chi connectivity index (χ1v) is 9.59. The zero-order valence-electron chi connectivity index (χ0n) is 15.0. The third kappa shape index (κ3) is 6.64. The van der Waals surface area contributed by atoms with Crippen molar-refractivity contribution in [1.29, 1.82) is 0 Å². The van der Waals surface area contributed by atoms with E-state index in [2.05, 4.69) is 5.73 Å². The molecule has 0 aromatic rings. The molecular weight excluding hydrogens is 316 g/mol. The molecule has 1 fully saturated rings. The van der Waals surface area contributed by atoms with Gasteiger partial charge in [0.15, 0.2) is 0 Å². The van der Waals surface area contributed by atoms with Gasteiger partial charge in [-0.2, -0.15) is 0 Å². The van der Waals surface area contributed by atoms with E-state index in [-0.39, 0.29) is 24.2 Å². The molecule has 138 valence electrons. The zero-order valence-corrected chi connectivity index (χ0v) is 15.0. The second-order valence-electron chi connectivity index (χ2n) is 7.26. The van der Waals surface area contributed by atoms with Crippen LogP contribution in [0.5, 0.6) is 0 Å². The molecule has 1 unspecified atom stereocenters. The molecule has 1 saturated carbocycles. The van der Waals surface area contributed by atoms with E-state index in [1.807, 2.05) is 12.2 Å². The Morgan fingerprint density at radius 1 is 1.28 bits per heavy atom. The topological polar surface area (TPSA) is 74.6 Å². The molecule has 0 saturated heterocycles. The van der Waals surface area contributed by atoms with Crippen LogP contribution in [-0.2, 0) is 9.59 Å². The predicted molar refractivity (Wildman–Crippen MR) is 97.2 cm³/mol. The van der Waals surface area contributed by atoms with Crippen LogP contribution in [0.4, 0.5) is 0 Å². The van der Waals surface area contributed by atoms with Crippen molar-refractivity contribution in [2.45, 2.75) is 76.7 Å². The molecule has 0 bridgehead atoms. The first-order chi connectivity index (χ1) is 12.1. The molecule has 0 amide bonds. The number of aliphatic hydroxyl groups excluding tert-OH is 1. The summed E-state index contributed by atoms with van der Waals surface area (Å²) in [6, 6.07) is 0. The van der Waals surface area contributed by atoms with E-state index in [0.717, 1.165) is 38.5 Å². The van der Waals surface area contributed by atoms with E-state index in [0.29, 0.717) is 12.3 Å². The average molecular weight is 346 g/mol.